The van der Waals surface area contributed by atoms with Crippen LogP contribution in [0, 0.1) is 5.82 Å². The molecule has 2 heterocycles. The van der Waals surface area contributed by atoms with Crippen molar-refractivity contribution < 1.29 is 24.9 Å². The number of benzene rings is 2. The first-order valence-corrected chi connectivity index (χ1v) is 13.7. The smallest absolute Gasteiger partial charge is 0.248 e. The van der Waals surface area contributed by atoms with Crippen molar-refractivity contribution in [3.8, 4) is 0 Å². The summed E-state index contributed by atoms with van der Waals surface area (Å²) in [6.07, 6.45) is 6.71. The Balaban J connectivity index is 0. The van der Waals surface area contributed by atoms with Crippen molar-refractivity contribution in [1.82, 2.24) is 14.8 Å². The number of hydrogen-bond acceptors (Lipinski definition) is 5. The fourth-order valence-corrected chi connectivity index (χ4v) is 5.46. The van der Waals surface area contributed by atoms with Gasteiger partial charge in [-0.15, -0.1) is 37.2 Å². The summed E-state index contributed by atoms with van der Waals surface area (Å²) in [7, 11) is 0. The molecule has 1 aromatic heterocycles. The van der Waals surface area contributed by atoms with Gasteiger partial charge in [0, 0.05) is 50.1 Å². The summed E-state index contributed by atoms with van der Waals surface area (Å²) in [5.41, 5.74) is 7.97. The Morgan fingerprint density at radius 3 is 2.05 bits per heavy atom. The third-order valence-corrected chi connectivity index (χ3v) is 7.60. The molecule has 44 heavy (non-hydrogen) atoms. The normalized spacial score (nSPS) is 13.4. The van der Waals surface area contributed by atoms with E-state index in [0.717, 1.165) is 63.1 Å². The van der Waals surface area contributed by atoms with E-state index in [1.807, 2.05) is 24.4 Å². The predicted octanol–water partition coefficient (Wildman–Crippen LogP) is 4.80. The highest BCUT2D eigenvalue weighted by Gasteiger charge is 2.21. The highest BCUT2D eigenvalue weighted by atomic mass is 35.5. The number of carbonyl (C=O) groups excluding carboxylic acids is 2. The molecule has 246 valence electrons. The van der Waals surface area contributed by atoms with Crippen LogP contribution in [0.5, 0.6) is 0 Å². The molecule has 2 aromatic carbocycles. The van der Waals surface area contributed by atoms with Gasteiger partial charge in [-0.05, 0) is 60.8 Å². The van der Waals surface area contributed by atoms with E-state index in [-0.39, 0.29) is 93.7 Å². The Hall–Kier alpha value is -2.25. The zero-order valence-electron chi connectivity index (χ0n) is 23.8. The van der Waals surface area contributed by atoms with Gasteiger partial charge in [-0.2, -0.15) is 0 Å². The highest BCUT2D eigenvalue weighted by Crippen LogP contribution is 2.32. The maximum absolute atomic E-state index is 13.5. The van der Waals surface area contributed by atoms with E-state index < -0.39 is 5.91 Å². The van der Waals surface area contributed by atoms with Crippen LogP contribution in [0.25, 0.3) is 0 Å². The minimum absolute atomic E-state index is 0. The molecule has 1 aliphatic rings. The predicted molar refractivity (Wildman–Crippen MR) is 182 cm³/mol. The Bertz CT molecular complexity index is 1260. The zero-order chi connectivity index (χ0) is 27.8. The van der Waals surface area contributed by atoms with Gasteiger partial charge in [0.15, 0.2) is 0 Å². The summed E-state index contributed by atoms with van der Waals surface area (Å²) in [6.45, 7) is 4.54. The Kier molecular flexibility index (Phi) is 21.4. The average molecular weight is 718 g/mol. The number of rotatable bonds is 11. The van der Waals surface area contributed by atoms with Gasteiger partial charge in [0.05, 0.1) is 22.3 Å². The lowest BCUT2D eigenvalue weighted by atomic mass is 9.88. The first-order valence-electron chi connectivity index (χ1n) is 13.0. The van der Waals surface area contributed by atoms with E-state index in [9.17, 15) is 14.0 Å². The topological polar surface area (TPSA) is 155 Å². The van der Waals surface area contributed by atoms with Crippen LogP contribution in [0.3, 0.4) is 0 Å². The minimum Gasteiger partial charge on any atom is -0.412 e. The maximum Gasteiger partial charge on any atom is 0.248 e. The molecule has 0 spiro atoms. The molecule has 15 heteroatoms. The number of primary amides is 1. The number of piperazine rings is 1. The number of unbranched alkanes of at least 4 members (excludes halogenated alkanes) is 1. The summed E-state index contributed by atoms with van der Waals surface area (Å²) in [5, 5.41) is 3.08. The number of carbonyl (C=O) groups is 2. The number of halogens is 6. The van der Waals surface area contributed by atoms with E-state index in [1.165, 1.54) is 24.3 Å². The number of nitrogens with zero attached hydrogens (tertiary/aromatic N) is 3. The van der Waals surface area contributed by atoms with Crippen LogP contribution in [0.1, 0.15) is 46.7 Å². The molecule has 0 aliphatic carbocycles. The van der Waals surface area contributed by atoms with E-state index in [4.69, 9.17) is 28.9 Å². The molecular formula is C29H39Cl5FN5O4. The lowest BCUT2D eigenvalue weighted by Gasteiger charge is -2.34. The molecule has 9 nitrogen and oxygen atoms in total. The SMILES string of the molecule is Cl.Cl.Cl.NC(=O)c1cc(Cl)c(NC(=O)CN2CCN(CCCCC(c3ccc(F)cc3)c3cccnc3)CC2)c(Cl)c1.O.O. The van der Waals surface area contributed by atoms with Crippen LogP contribution >= 0.6 is 60.4 Å². The first-order chi connectivity index (χ1) is 18.8. The van der Waals surface area contributed by atoms with Gasteiger partial charge in [-0.1, -0.05) is 47.8 Å². The van der Waals surface area contributed by atoms with Crippen molar-refractivity contribution in [3.05, 3.63) is 93.5 Å². The molecule has 1 unspecified atom stereocenters. The summed E-state index contributed by atoms with van der Waals surface area (Å²) < 4.78 is 13.5. The molecule has 1 atom stereocenters. The fraction of sp³-hybridized carbons (Fsp3) is 0.345. The number of hydrogen-bond donors (Lipinski definition) is 2. The van der Waals surface area contributed by atoms with Crippen molar-refractivity contribution in [2.24, 2.45) is 5.73 Å². The molecule has 4 rings (SSSR count). The van der Waals surface area contributed by atoms with E-state index >= 15 is 0 Å². The number of amides is 2. The molecular weight excluding hydrogens is 679 g/mol. The summed E-state index contributed by atoms with van der Waals surface area (Å²) >= 11 is 12.4. The molecule has 0 bridgehead atoms. The van der Waals surface area contributed by atoms with Crippen molar-refractivity contribution in [1.29, 1.82) is 0 Å². The monoisotopic (exact) mass is 715 g/mol. The quantitative estimate of drug-likeness (QED) is 0.273. The van der Waals surface area contributed by atoms with Crippen molar-refractivity contribution in [2.75, 3.05) is 44.6 Å². The third kappa shape index (κ3) is 12.6. The van der Waals surface area contributed by atoms with Crippen molar-refractivity contribution in [2.45, 2.75) is 25.2 Å². The van der Waals surface area contributed by atoms with Crippen LogP contribution in [-0.4, -0.2) is 76.8 Å². The number of aromatic nitrogens is 1. The van der Waals surface area contributed by atoms with E-state index in [0.29, 0.717) is 0 Å². The molecule has 0 radical (unpaired) electrons. The second-order valence-electron chi connectivity index (χ2n) is 9.73. The summed E-state index contributed by atoms with van der Waals surface area (Å²) in [4.78, 5) is 32.8. The van der Waals surface area contributed by atoms with Gasteiger partial charge in [-0.3, -0.25) is 19.5 Å². The van der Waals surface area contributed by atoms with Crippen LogP contribution in [0.15, 0.2) is 60.9 Å². The molecule has 7 N–H and O–H groups in total. The highest BCUT2D eigenvalue weighted by molar-refractivity contribution is 6.40. The number of anilines is 1. The first kappa shape index (κ1) is 43.9. The van der Waals surface area contributed by atoms with Crippen LogP contribution in [-0.2, 0) is 4.79 Å². The molecule has 3 aromatic rings. The van der Waals surface area contributed by atoms with E-state index in [2.05, 4.69) is 26.2 Å². The standard InChI is InChI=1S/C29H32Cl2FN5O2.3ClH.2H2O/c30-25-16-22(29(33)39)17-26(31)28(25)35-27(38)19-37-14-12-36(13-15-37)11-2-1-5-24(21-4-3-10-34-18-21)20-6-8-23(32)9-7-20;;;;;/h3-4,6-10,16-18,24H,1-2,5,11-15,19H2,(H2,33,39)(H,35,38);3*1H;2*1H2. The molecule has 2 amide bonds. The largest absolute Gasteiger partial charge is 0.412 e. The third-order valence-electron chi connectivity index (χ3n) is 7.00. The van der Waals surface area contributed by atoms with Gasteiger partial charge < -0.3 is 26.9 Å². The fourth-order valence-electron chi connectivity index (χ4n) is 4.87. The number of nitrogens with two attached hydrogens (primary N) is 1. The summed E-state index contributed by atoms with van der Waals surface area (Å²) in [6, 6.07) is 13.6. The molecule has 1 aliphatic heterocycles. The van der Waals surface area contributed by atoms with Crippen molar-refractivity contribution in [3.63, 3.8) is 0 Å². The minimum atomic E-state index is -0.643. The molecule has 0 saturated carbocycles. The van der Waals surface area contributed by atoms with Crippen LogP contribution in [0.2, 0.25) is 10.0 Å². The maximum atomic E-state index is 13.5. The Morgan fingerprint density at radius 1 is 0.909 bits per heavy atom. The van der Waals surface area contributed by atoms with Crippen LogP contribution in [0.4, 0.5) is 10.1 Å². The van der Waals surface area contributed by atoms with Crippen LogP contribution < -0.4 is 11.1 Å². The Morgan fingerprint density at radius 2 is 1.50 bits per heavy atom. The molecule has 1 fully saturated rings. The average Bonchev–Trinajstić information content (AvgIpc) is 2.92. The van der Waals surface area contributed by atoms with Gasteiger partial charge in [0.25, 0.3) is 0 Å². The Labute approximate surface area is 285 Å². The zero-order valence-corrected chi connectivity index (χ0v) is 27.8. The number of nitrogens with one attached hydrogen (secondary N) is 1. The molecule has 1 saturated heterocycles. The second-order valence-corrected chi connectivity index (χ2v) is 10.5. The number of pyridine rings is 1. The van der Waals surface area contributed by atoms with Gasteiger partial charge in [0.2, 0.25) is 11.8 Å². The second kappa shape index (κ2) is 21.5. The van der Waals surface area contributed by atoms with E-state index in [1.54, 1.807) is 6.20 Å². The lowest BCUT2D eigenvalue weighted by molar-refractivity contribution is -0.117. The summed E-state index contributed by atoms with van der Waals surface area (Å²) in [5.74, 6) is -0.910. The lowest BCUT2D eigenvalue weighted by Crippen LogP contribution is -2.48. The van der Waals surface area contributed by atoms with Gasteiger partial charge >= 0.3 is 0 Å². The van der Waals surface area contributed by atoms with Gasteiger partial charge in [0.1, 0.15) is 5.82 Å². The van der Waals surface area contributed by atoms with Crippen molar-refractivity contribution >= 4 is 77.9 Å². The van der Waals surface area contributed by atoms with Gasteiger partial charge in [-0.25, -0.2) is 4.39 Å².